The van der Waals surface area contributed by atoms with Crippen molar-refractivity contribution in [1.29, 1.82) is 0 Å². The molecule has 37 heavy (non-hydrogen) atoms. The van der Waals surface area contributed by atoms with Crippen LogP contribution in [0.15, 0.2) is 72.8 Å². The summed E-state index contributed by atoms with van der Waals surface area (Å²) in [6.45, 7) is 1.24. The molecule has 188 valence electrons. The van der Waals surface area contributed by atoms with Gasteiger partial charge in [0.1, 0.15) is 11.5 Å². The number of para-hydroxylation sites is 3. The molecule has 0 N–H and O–H groups in total. The van der Waals surface area contributed by atoms with Crippen LogP contribution in [0.3, 0.4) is 0 Å². The summed E-state index contributed by atoms with van der Waals surface area (Å²) in [7, 11) is 3.22. The maximum atomic E-state index is 14.3. The third-order valence-corrected chi connectivity index (χ3v) is 7.41. The third kappa shape index (κ3) is 3.80. The second-order valence-corrected chi connectivity index (χ2v) is 9.34. The van der Waals surface area contributed by atoms with Crippen LogP contribution >= 0.6 is 0 Å². The number of hydrogen-bond donors (Lipinski definition) is 0. The Morgan fingerprint density at radius 2 is 1.68 bits per heavy atom. The first-order chi connectivity index (χ1) is 18.1. The van der Waals surface area contributed by atoms with Crippen LogP contribution in [0.2, 0.25) is 0 Å². The molecule has 2 aliphatic heterocycles. The van der Waals surface area contributed by atoms with Gasteiger partial charge in [0.15, 0.2) is 0 Å². The van der Waals surface area contributed by atoms with E-state index in [1.807, 2.05) is 72.8 Å². The van der Waals surface area contributed by atoms with Crippen molar-refractivity contribution in [3.63, 3.8) is 0 Å². The number of fused-ring (bicyclic) bond motifs is 3. The number of ether oxygens (including phenoxy) is 2. The van der Waals surface area contributed by atoms with E-state index >= 15 is 0 Å². The molecule has 0 spiro atoms. The molecule has 1 saturated heterocycles. The third-order valence-electron chi connectivity index (χ3n) is 7.41. The lowest BCUT2D eigenvalue weighted by Gasteiger charge is -2.42. The predicted octanol–water partition coefficient (Wildman–Crippen LogP) is 4.58. The fourth-order valence-electron chi connectivity index (χ4n) is 5.66. The van der Waals surface area contributed by atoms with E-state index in [-0.39, 0.29) is 18.2 Å². The number of piperidine rings is 1. The molecule has 3 aromatic carbocycles. The lowest BCUT2D eigenvalue weighted by Crippen LogP contribution is -2.49. The summed E-state index contributed by atoms with van der Waals surface area (Å²) >= 11 is 0. The first-order valence-corrected chi connectivity index (χ1v) is 12.5. The highest BCUT2D eigenvalue weighted by Crippen LogP contribution is 2.44. The molecule has 0 unspecified atom stereocenters. The minimum atomic E-state index is -0.531. The first kappa shape index (κ1) is 23.1. The molecule has 1 fully saturated rings. The molecule has 0 aliphatic carbocycles. The van der Waals surface area contributed by atoms with Crippen molar-refractivity contribution in [2.45, 2.75) is 25.4 Å². The zero-order chi connectivity index (χ0) is 25.5. The summed E-state index contributed by atoms with van der Waals surface area (Å²) < 4.78 is 13.1. The monoisotopic (exact) mass is 496 g/mol. The molecule has 6 rings (SSSR count). The van der Waals surface area contributed by atoms with Crippen molar-refractivity contribution in [2.75, 3.05) is 30.6 Å². The molecular formula is C29H28N4O4. The Bertz CT molecular complexity index is 1480. The van der Waals surface area contributed by atoms with Crippen LogP contribution in [0.5, 0.6) is 11.5 Å². The normalized spacial score (nSPS) is 19.2. The number of amides is 2. The van der Waals surface area contributed by atoms with Crippen LogP contribution < -0.4 is 19.3 Å². The van der Waals surface area contributed by atoms with E-state index in [9.17, 15) is 9.59 Å². The number of imidazole rings is 1. The number of nitrogens with zero attached hydrogens (tertiary/aromatic N) is 4. The van der Waals surface area contributed by atoms with Crippen LogP contribution in [0, 0.1) is 5.92 Å². The van der Waals surface area contributed by atoms with Gasteiger partial charge in [0.05, 0.1) is 37.2 Å². The fraction of sp³-hybridized carbons (Fsp3) is 0.276. The second kappa shape index (κ2) is 9.28. The van der Waals surface area contributed by atoms with E-state index in [0.717, 1.165) is 16.6 Å². The van der Waals surface area contributed by atoms with Gasteiger partial charge in [0.2, 0.25) is 17.8 Å². The standard InChI is InChI=1S/C29H28N4O4/c1-36-20-13-11-19(12-14-20)33-26(34)16-15-22(27(33)21-7-3-6-10-25(21)37-2)28(35)32-18-17-31-24-9-5-4-8-23(24)30-29(31)32/h3-14,22,27H,15-18H2,1-2H3/t22-,27-/m0/s1. The summed E-state index contributed by atoms with van der Waals surface area (Å²) in [6, 6.07) is 22.4. The molecule has 2 aliphatic rings. The Morgan fingerprint density at radius 1 is 0.919 bits per heavy atom. The maximum Gasteiger partial charge on any atom is 0.234 e. The van der Waals surface area contributed by atoms with Crippen LogP contribution in [-0.2, 0) is 16.1 Å². The Labute approximate surface area is 215 Å². The molecule has 8 heteroatoms. The molecule has 1 aromatic heterocycles. The van der Waals surface area contributed by atoms with Gasteiger partial charge in [0.25, 0.3) is 0 Å². The van der Waals surface area contributed by atoms with Gasteiger partial charge in [-0.25, -0.2) is 4.98 Å². The molecule has 3 heterocycles. The van der Waals surface area contributed by atoms with Crippen LogP contribution in [0.4, 0.5) is 11.6 Å². The summed E-state index contributed by atoms with van der Waals surface area (Å²) in [6.07, 6.45) is 0.724. The zero-order valence-electron chi connectivity index (χ0n) is 20.8. The Kier molecular flexibility index (Phi) is 5.79. The van der Waals surface area contributed by atoms with Gasteiger partial charge in [-0.15, -0.1) is 0 Å². The lowest BCUT2D eigenvalue weighted by atomic mass is 9.82. The summed E-state index contributed by atoms with van der Waals surface area (Å²) in [5.74, 6) is 1.48. The van der Waals surface area contributed by atoms with E-state index in [1.165, 1.54) is 0 Å². The predicted molar refractivity (Wildman–Crippen MR) is 141 cm³/mol. The summed E-state index contributed by atoms with van der Waals surface area (Å²) in [4.78, 5) is 36.1. The number of rotatable bonds is 5. The highest BCUT2D eigenvalue weighted by Gasteiger charge is 2.45. The van der Waals surface area contributed by atoms with Gasteiger partial charge in [0, 0.05) is 30.8 Å². The lowest BCUT2D eigenvalue weighted by molar-refractivity contribution is -0.127. The van der Waals surface area contributed by atoms with Crippen molar-refractivity contribution >= 4 is 34.5 Å². The topological polar surface area (TPSA) is 76.9 Å². The molecule has 8 nitrogen and oxygen atoms in total. The van der Waals surface area contributed by atoms with E-state index in [0.29, 0.717) is 42.6 Å². The Morgan fingerprint density at radius 3 is 2.46 bits per heavy atom. The Balaban J connectivity index is 1.44. The Hall–Kier alpha value is -4.33. The molecule has 0 radical (unpaired) electrons. The number of anilines is 2. The number of methoxy groups -OCH3 is 2. The SMILES string of the molecule is COc1ccc(N2C(=O)CC[C@H](C(=O)N3CCn4c3nc3ccccc34)[C@@H]2c2ccccc2OC)cc1. The van der Waals surface area contributed by atoms with E-state index in [1.54, 1.807) is 24.0 Å². The zero-order valence-corrected chi connectivity index (χ0v) is 20.8. The fourth-order valence-corrected chi connectivity index (χ4v) is 5.66. The number of benzene rings is 3. The summed E-state index contributed by atoms with van der Waals surface area (Å²) in [5, 5.41) is 0. The molecular weight excluding hydrogens is 468 g/mol. The van der Waals surface area contributed by atoms with Crippen LogP contribution in [0.1, 0.15) is 24.4 Å². The van der Waals surface area contributed by atoms with Crippen LogP contribution in [-0.4, -0.2) is 42.1 Å². The van der Waals surface area contributed by atoms with E-state index in [2.05, 4.69) is 4.57 Å². The van der Waals surface area contributed by atoms with Crippen molar-refractivity contribution in [3.05, 3.63) is 78.4 Å². The number of carbonyl (C=O) groups is 2. The van der Waals surface area contributed by atoms with Crippen molar-refractivity contribution < 1.29 is 19.1 Å². The molecule has 0 bridgehead atoms. The van der Waals surface area contributed by atoms with Gasteiger partial charge in [-0.1, -0.05) is 30.3 Å². The number of carbonyl (C=O) groups excluding carboxylic acids is 2. The second-order valence-electron chi connectivity index (χ2n) is 9.34. The van der Waals surface area contributed by atoms with Crippen molar-refractivity contribution in [2.24, 2.45) is 5.92 Å². The average molecular weight is 497 g/mol. The van der Waals surface area contributed by atoms with Crippen LogP contribution in [0.25, 0.3) is 11.0 Å². The largest absolute Gasteiger partial charge is 0.497 e. The number of hydrogen-bond acceptors (Lipinski definition) is 5. The van der Waals surface area contributed by atoms with Gasteiger partial charge >= 0.3 is 0 Å². The molecule has 2 amide bonds. The molecule has 0 saturated carbocycles. The average Bonchev–Trinajstić information content (AvgIpc) is 3.52. The molecule has 4 aromatic rings. The van der Waals surface area contributed by atoms with Gasteiger partial charge in [-0.3, -0.25) is 14.5 Å². The van der Waals surface area contributed by atoms with Gasteiger partial charge in [-0.05, 0) is 48.9 Å². The highest BCUT2D eigenvalue weighted by atomic mass is 16.5. The van der Waals surface area contributed by atoms with Crippen molar-refractivity contribution in [3.8, 4) is 11.5 Å². The quantitative estimate of drug-likeness (QED) is 0.404. The first-order valence-electron chi connectivity index (χ1n) is 12.5. The van der Waals surface area contributed by atoms with E-state index in [4.69, 9.17) is 14.5 Å². The highest BCUT2D eigenvalue weighted by molar-refractivity contribution is 6.02. The number of aromatic nitrogens is 2. The van der Waals surface area contributed by atoms with Gasteiger partial charge in [-0.2, -0.15) is 0 Å². The maximum absolute atomic E-state index is 14.3. The van der Waals surface area contributed by atoms with Gasteiger partial charge < -0.3 is 18.9 Å². The minimum Gasteiger partial charge on any atom is -0.497 e. The molecule has 2 atom stereocenters. The van der Waals surface area contributed by atoms with E-state index < -0.39 is 12.0 Å². The smallest absolute Gasteiger partial charge is 0.234 e. The summed E-state index contributed by atoms with van der Waals surface area (Å²) in [5.41, 5.74) is 3.41. The van der Waals surface area contributed by atoms with Crippen molar-refractivity contribution in [1.82, 2.24) is 9.55 Å². The minimum absolute atomic E-state index is 0.0289.